The molecule has 4 rings (SSSR count). The van der Waals surface area contributed by atoms with Crippen molar-refractivity contribution in [2.45, 2.75) is 214 Å². The minimum atomic E-state index is -2.48. The Morgan fingerprint density at radius 1 is 0.660 bits per heavy atom. The predicted octanol–water partition coefficient (Wildman–Crippen LogP) is 15.4. The van der Waals surface area contributed by atoms with Gasteiger partial charge in [0, 0.05) is 12.3 Å². The van der Waals surface area contributed by atoms with Gasteiger partial charge >= 0.3 is 0 Å². The van der Waals surface area contributed by atoms with Gasteiger partial charge in [-0.1, -0.05) is 144 Å². The quantitative estimate of drug-likeness (QED) is 0.0850. The number of alkyl halides is 2. The Morgan fingerprint density at radius 2 is 1.26 bits per heavy atom. The third-order valence-corrected chi connectivity index (χ3v) is 15.1. The first kappa shape index (κ1) is 39.4. The standard InChI is InChI=1S/C45H80F2/c1-7-8-9-10-11-12-13-14-15-16-17-18-19-20-21-22-26-37-29-31-44(6)41-30-32-43(5)39(36(4)25-23-24-35(2)3)27-28-40(43)38(41)34-45(46,47)42(44)33-37/h14-15,35-42H,7-13,16-34H2,1-6H3/b15-14-/t36-,37?,38+,39-,40+,41+,42?,43-,44-/m1/s1. The number of fused-ring (bicyclic) bond motifs is 5. The minimum absolute atomic E-state index is 0.145. The van der Waals surface area contributed by atoms with Crippen LogP contribution in [0.3, 0.4) is 0 Å². The lowest BCUT2D eigenvalue weighted by Gasteiger charge is -2.63. The molecule has 0 amide bonds. The van der Waals surface area contributed by atoms with Gasteiger partial charge in [0.25, 0.3) is 5.92 Å². The number of rotatable bonds is 21. The van der Waals surface area contributed by atoms with Gasteiger partial charge in [-0.2, -0.15) is 0 Å². The van der Waals surface area contributed by atoms with Gasteiger partial charge in [0.05, 0.1) is 0 Å². The van der Waals surface area contributed by atoms with Crippen molar-refractivity contribution in [2.24, 2.45) is 58.2 Å². The number of hydrogen-bond donors (Lipinski definition) is 0. The van der Waals surface area contributed by atoms with Crippen LogP contribution < -0.4 is 0 Å². The van der Waals surface area contributed by atoms with Gasteiger partial charge in [0.1, 0.15) is 0 Å². The topological polar surface area (TPSA) is 0 Å². The molecule has 4 fully saturated rings. The first-order chi connectivity index (χ1) is 22.5. The number of allylic oxidation sites excluding steroid dienone is 2. The van der Waals surface area contributed by atoms with Crippen molar-refractivity contribution in [1.82, 2.24) is 0 Å². The molecule has 0 aromatic heterocycles. The Kier molecular flexibility index (Phi) is 15.7. The Labute approximate surface area is 292 Å². The Balaban J connectivity index is 1.15. The van der Waals surface area contributed by atoms with Gasteiger partial charge in [-0.3, -0.25) is 0 Å². The van der Waals surface area contributed by atoms with E-state index < -0.39 is 5.92 Å². The highest BCUT2D eigenvalue weighted by Gasteiger charge is 2.67. The fraction of sp³-hybridized carbons (Fsp3) is 0.956. The molecule has 0 nitrogen and oxygen atoms in total. The van der Waals surface area contributed by atoms with E-state index in [9.17, 15) is 0 Å². The lowest BCUT2D eigenvalue weighted by atomic mass is 9.43. The van der Waals surface area contributed by atoms with Crippen LogP contribution in [0.25, 0.3) is 0 Å². The summed E-state index contributed by atoms with van der Waals surface area (Å²) in [4.78, 5) is 0. The minimum Gasteiger partial charge on any atom is -0.207 e. The van der Waals surface area contributed by atoms with Gasteiger partial charge in [0.15, 0.2) is 0 Å². The fourth-order valence-electron chi connectivity index (χ4n) is 12.3. The van der Waals surface area contributed by atoms with E-state index in [0.717, 1.165) is 30.6 Å². The second kappa shape index (κ2) is 18.7. The molecule has 0 aliphatic heterocycles. The van der Waals surface area contributed by atoms with Crippen molar-refractivity contribution >= 4 is 0 Å². The summed E-state index contributed by atoms with van der Waals surface area (Å²) in [6.07, 6.45) is 37.0. The average Bonchev–Trinajstić information content (AvgIpc) is 3.38. The van der Waals surface area contributed by atoms with Gasteiger partial charge < -0.3 is 0 Å². The zero-order valence-corrected chi connectivity index (χ0v) is 32.4. The molecule has 0 N–H and O–H groups in total. The largest absolute Gasteiger partial charge is 0.251 e. The van der Waals surface area contributed by atoms with E-state index in [4.69, 9.17) is 0 Å². The van der Waals surface area contributed by atoms with Crippen molar-refractivity contribution in [1.29, 1.82) is 0 Å². The van der Waals surface area contributed by atoms with E-state index >= 15 is 8.78 Å². The highest BCUT2D eigenvalue weighted by atomic mass is 19.3. The Hall–Kier alpha value is -0.400. The lowest BCUT2D eigenvalue weighted by molar-refractivity contribution is -0.231. The van der Waals surface area contributed by atoms with E-state index in [-0.39, 0.29) is 23.7 Å². The highest BCUT2D eigenvalue weighted by molar-refractivity contribution is 5.13. The molecule has 0 radical (unpaired) electrons. The molecule has 0 saturated heterocycles. The van der Waals surface area contributed by atoms with Gasteiger partial charge in [-0.05, 0) is 123 Å². The molecule has 4 aliphatic carbocycles. The zero-order chi connectivity index (χ0) is 33.9. The molecule has 4 aliphatic rings. The monoisotopic (exact) mass is 659 g/mol. The van der Waals surface area contributed by atoms with Crippen LogP contribution >= 0.6 is 0 Å². The summed E-state index contributed by atoms with van der Waals surface area (Å²) in [7, 11) is 0. The van der Waals surface area contributed by atoms with E-state index in [1.165, 1.54) is 148 Å². The SMILES string of the molecule is CCCCCCCC/C=C\CCCCCCCCC1CC[C@@]2(C)C(C1)C(F)(F)C[C@H]1[C@@H]3CC[C@H]([C@H](C)CCCC(C)C)[C@@]3(C)CC[C@@H]12. The summed E-state index contributed by atoms with van der Waals surface area (Å²) in [5, 5.41) is 0. The van der Waals surface area contributed by atoms with Crippen LogP contribution in [0.5, 0.6) is 0 Å². The molecular formula is C45H80F2. The summed E-state index contributed by atoms with van der Waals surface area (Å²) in [5.74, 6) is 1.26. The molecule has 2 heteroatoms. The second-order valence-corrected chi connectivity index (χ2v) is 18.8. The zero-order valence-electron chi connectivity index (χ0n) is 32.4. The lowest BCUT2D eigenvalue weighted by Crippen LogP contribution is -2.60. The van der Waals surface area contributed by atoms with Gasteiger partial charge in [-0.25, -0.2) is 8.78 Å². The van der Waals surface area contributed by atoms with Crippen molar-refractivity contribution in [3.05, 3.63) is 12.2 Å². The first-order valence-corrected chi connectivity index (χ1v) is 21.6. The van der Waals surface area contributed by atoms with Crippen LogP contribution in [0, 0.1) is 58.2 Å². The summed E-state index contributed by atoms with van der Waals surface area (Å²) in [5.41, 5.74) is 0.146. The molecule has 0 heterocycles. The molecule has 0 aromatic rings. The molecule has 0 aromatic carbocycles. The predicted molar refractivity (Wildman–Crippen MR) is 201 cm³/mol. The third-order valence-electron chi connectivity index (χ3n) is 15.1. The van der Waals surface area contributed by atoms with Crippen LogP contribution in [-0.4, -0.2) is 5.92 Å². The van der Waals surface area contributed by atoms with Crippen LogP contribution in [0.1, 0.15) is 208 Å². The second-order valence-electron chi connectivity index (χ2n) is 18.8. The normalized spacial score (nSPS) is 35.6. The van der Waals surface area contributed by atoms with E-state index in [1.54, 1.807) is 0 Å². The molecule has 9 atom stereocenters. The summed E-state index contributed by atoms with van der Waals surface area (Å²) >= 11 is 0. The molecule has 4 saturated carbocycles. The van der Waals surface area contributed by atoms with Crippen LogP contribution in [-0.2, 0) is 0 Å². The Morgan fingerprint density at radius 3 is 1.91 bits per heavy atom. The summed E-state index contributed by atoms with van der Waals surface area (Å²) in [6, 6.07) is 0. The summed E-state index contributed by atoms with van der Waals surface area (Å²) < 4.78 is 32.7. The van der Waals surface area contributed by atoms with Crippen molar-refractivity contribution in [3.63, 3.8) is 0 Å². The maximum absolute atomic E-state index is 16.3. The van der Waals surface area contributed by atoms with Crippen LogP contribution in [0.4, 0.5) is 8.78 Å². The molecule has 47 heavy (non-hydrogen) atoms. The van der Waals surface area contributed by atoms with Gasteiger partial charge in [-0.15, -0.1) is 0 Å². The molecule has 2 unspecified atom stereocenters. The number of hydrogen-bond acceptors (Lipinski definition) is 0. The Bertz CT molecular complexity index is 906. The van der Waals surface area contributed by atoms with Gasteiger partial charge in [0.2, 0.25) is 0 Å². The number of halogens is 2. The van der Waals surface area contributed by atoms with E-state index in [2.05, 4.69) is 53.7 Å². The maximum Gasteiger partial charge on any atom is 0.251 e. The fourth-order valence-corrected chi connectivity index (χ4v) is 12.3. The van der Waals surface area contributed by atoms with Crippen molar-refractivity contribution < 1.29 is 8.78 Å². The molecule has 0 bridgehead atoms. The maximum atomic E-state index is 16.3. The molecule has 274 valence electrons. The van der Waals surface area contributed by atoms with Crippen molar-refractivity contribution in [3.8, 4) is 0 Å². The third kappa shape index (κ3) is 10.3. The van der Waals surface area contributed by atoms with Crippen LogP contribution in [0.15, 0.2) is 12.2 Å². The van der Waals surface area contributed by atoms with E-state index in [1.807, 2.05) is 0 Å². The average molecular weight is 659 g/mol. The molecule has 0 spiro atoms. The highest BCUT2D eigenvalue weighted by Crippen LogP contribution is 2.71. The van der Waals surface area contributed by atoms with E-state index in [0.29, 0.717) is 23.2 Å². The van der Waals surface area contributed by atoms with Crippen LogP contribution in [0.2, 0.25) is 0 Å². The van der Waals surface area contributed by atoms with Crippen molar-refractivity contribution in [2.75, 3.05) is 0 Å². The summed E-state index contributed by atoms with van der Waals surface area (Å²) in [6.45, 7) is 14.3. The first-order valence-electron chi connectivity index (χ1n) is 21.6. The molecular weight excluding hydrogens is 578 g/mol. The smallest absolute Gasteiger partial charge is 0.207 e. The number of unbranched alkanes of at least 4 members (excludes halogenated alkanes) is 12.